The zero-order valence-corrected chi connectivity index (χ0v) is 21.8. The first kappa shape index (κ1) is 26.0. The second-order valence-electron chi connectivity index (χ2n) is 9.21. The number of anilines is 1. The minimum atomic E-state index is -0.860. The van der Waals surface area contributed by atoms with Crippen molar-refractivity contribution in [1.82, 2.24) is 0 Å². The van der Waals surface area contributed by atoms with Crippen LogP contribution in [0.3, 0.4) is 0 Å². The van der Waals surface area contributed by atoms with Crippen LogP contribution in [0.25, 0.3) is 5.76 Å². The molecule has 1 amide bonds. The Bertz CT molecular complexity index is 1330. The van der Waals surface area contributed by atoms with Gasteiger partial charge in [-0.25, -0.2) is 0 Å². The number of unbranched alkanes of at least 4 members (excludes halogenated alkanes) is 2. The predicted molar refractivity (Wildman–Crippen MR) is 145 cm³/mol. The van der Waals surface area contributed by atoms with Crippen LogP contribution < -0.4 is 14.4 Å². The molecule has 37 heavy (non-hydrogen) atoms. The monoisotopic (exact) mass is 499 g/mol. The molecule has 0 spiro atoms. The van der Waals surface area contributed by atoms with Gasteiger partial charge in [0.1, 0.15) is 17.3 Å². The number of nitrogens with zero attached hydrogens (tertiary/aromatic N) is 1. The van der Waals surface area contributed by atoms with Gasteiger partial charge in [-0.2, -0.15) is 0 Å². The van der Waals surface area contributed by atoms with E-state index in [1.54, 1.807) is 37.4 Å². The fourth-order valence-electron chi connectivity index (χ4n) is 4.67. The normalized spacial score (nSPS) is 16.8. The highest BCUT2D eigenvalue weighted by Gasteiger charge is 2.48. The van der Waals surface area contributed by atoms with Crippen LogP contribution in [0.2, 0.25) is 0 Å². The molecule has 1 N–H and O–H groups in total. The van der Waals surface area contributed by atoms with Crippen molar-refractivity contribution in [2.45, 2.75) is 46.1 Å². The summed E-state index contributed by atoms with van der Waals surface area (Å²) in [5, 5.41) is 11.4. The molecule has 1 atom stereocenters. The van der Waals surface area contributed by atoms with Crippen molar-refractivity contribution in [3.63, 3.8) is 0 Å². The van der Waals surface area contributed by atoms with Crippen LogP contribution in [-0.4, -0.2) is 30.5 Å². The van der Waals surface area contributed by atoms with E-state index >= 15 is 0 Å². The van der Waals surface area contributed by atoms with Crippen molar-refractivity contribution in [2.75, 3.05) is 18.6 Å². The van der Waals surface area contributed by atoms with Crippen LogP contribution in [0.15, 0.2) is 72.3 Å². The van der Waals surface area contributed by atoms with Crippen molar-refractivity contribution < 1.29 is 24.2 Å². The number of hydrogen-bond acceptors (Lipinski definition) is 5. The lowest BCUT2D eigenvalue weighted by molar-refractivity contribution is -0.132. The lowest BCUT2D eigenvalue weighted by atomic mass is 9.94. The highest BCUT2D eigenvalue weighted by Crippen LogP contribution is 2.45. The number of hydrogen-bond donors (Lipinski definition) is 1. The Morgan fingerprint density at radius 3 is 2.38 bits per heavy atom. The van der Waals surface area contributed by atoms with Crippen LogP contribution in [0.5, 0.6) is 11.5 Å². The van der Waals surface area contributed by atoms with Gasteiger partial charge in [0.05, 0.1) is 25.3 Å². The molecule has 0 bridgehead atoms. The lowest BCUT2D eigenvalue weighted by Crippen LogP contribution is -2.30. The Morgan fingerprint density at radius 2 is 1.68 bits per heavy atom. The fourth-order valence-corrected chi connectivity index (χ4v) is 4.67. The standard InChI is InChI=1S/C31H33NO5/c1-5-6-9-19-37-23-17-15-22(16-18-23)29(33)27-28(24-12-7-8-14-26(24)36-4)32(31(35)30(27)34)25-13-10-11-20(2)21(25)3/h7-8,10-18,28,33H,5-6,9,19H2,1-4H3/b29-27+. The van der Waals surface area contributed by atoms with Crippen LogP contribution in [0.1, 0.15) is 54.5 Å². The Labute approximate surface area is 218 Å². The first-order valence-electron chi connectivity index (χ1n) is 12.6. The number of rotatable bonds is 9. The number of aryl methyl sites for hydroxylation is 1. The summed E-state index contributed by atoms with van der Waals surface area (Å²) in [5.74, 6) is -0.466. The minimum absolute atomic E-state index is 0.0204. The third kappa shape index (κ3) is 5.10. The third-order valence-corrected chi connectivity index (χ3v) is 6.86. The van der Waals surface area contributed by atoms with Crippen LogP contribution >= 0.6 is 0 Å². The maximum atomic E-state index is 13.5. The summed E-state index contributed by atoms with van der Waals surface area (Å²) in [6.45, 7) is 6.63. The molecule has 1 unspecified atom stereocenters. The van der Waals surface area contributed by atoms with Crippen LogP contribution in [0.4, 0.5) is 5.69 Å². The van der Waals surface area contributed by atoms with Gasteiger partial charge in [0, 0.05) is 16.8 Å². The number of Topliss-reactive ketones (excluding diaryl/α,β-unsaturated/α-hetero) is 1. The quantitative estimate of drug-likeness (QED) is 0.157. The van der Waals surface area contributed by atoms with E-state index in [0.717, 1.165) is 30.4 Å². The molecule has 0 saturated carbocycles. The third-order valence-electron chi connectivity index (χ3n) is 6.86. The Balaban J connectivity index is 1.82. The predicted octanol–water partition coefficient (Wildman–Crippen LogP) is 6.51. The summed E-state index contributed by atoms with van der Waals surface area (Å²) in [5.41, 5.74) is 3.56. The van der Waals surface area contributed by atoms with Gasteiger partial charge in [-0.05, 0) is 67.8 Å². The number of amides is 1. The first-order chi connectivity index (χ1) is 17.9. The van der Waals surface area contributed by atoms with Crippen LogP contribution in [-0.2, 0) is 9.59 Å². The number of carbonyl (C=O) groups excluding carboxylic acids is 2. The summed E-state index contributed by atoms with van der Waals surface area (Å²) >= 11 is 0. The summed E-state index contributed by atoms with van der Waals surface area (Å²) in [7, 11) is 1.54. The molecule has 0 aromatic heterocycles. The van der Waals surface area contributed by atoms with E-state index < -0.39 is 17.7 Å². The number of carbonyl (C=O) groups is 2. The number of aliphatic hydroxyl groups is 1. The van der Waals surface area contributed by atoms with Gasteiger partial charge in [0.25, 0.3) is 11.7 Å². The highest BCUT2D eigenvalue weighted by atomic mass is 16.5. The maximum absolute atomic E-state index is 13.5. The zero-order chi connectivity index (χ0) is 26.5. The van der Waals surface area contributed by atoms with E-state index in [1.165, 1.54) is 4.90 Å². The van der Waals surface area contributed by atoms with E-state index in [1.807, 2.05) is 50.2 Å². The number of para-hydroxylation sites is 1. The lowest BCUT2D eigenvalue weighted by Gasteiger charge is -2.28. The summed E-state index contributed by atoms with van der Waals surface area (Å²) in [4.78, 5) is 28.4. The van der Waals surface area contributed by atoms with Crippen molar-refractivity contribution in [3.8, 4) is 11.5 Å². The largest absolute Gasteiger partial charge is 0.507 e. The van der Waals surface area contributed by atoms with Crippen molar-refractivity contribution in [2.24, 2.45) is 0 Å². The van der Waals surface area contributed by atoms with Gasteiger partial charge in [0.2, 0.25) is 0 Å². The highest BCUT2D eigenvalue weighted by molar-refractivity contribution is 6.51. The van der Waals surface area contributed by atoms with Crippen molar-refractivity contribution >= 4 is 23.1 Å². The summed E-state index contributed by atoms with van der Waals surface area (Å²) < 4.78 is 11.4. The molecule has 0 aliphatic carbocycles. The molecule has 0 radical (unpaired) electrons. The number of benzene rings is 3. The molecule has 192 valence electrons. The number of aliphatic hydroxyl groups excluding tert-OH is 1. The van der Waals surface area contributed by atoms with E-state index in [9.17, 15) is 14.7 Å². The zero-order valence-electron chi connectivity index (χ0n) is 21.8. The van der Waals surface area contributed by atoms with Gasteiger partial charge in [-0.3, -0.25) is 14.5 Å². The molecular formula is C31H33NO5. The molecule has 6 heteroatoms. The molecule has 3 aromatic rings. The van der Waals surface area contributed by atoms with Gasteiger partial charge in [-0.1, -0.05) is 50.1 Å². The maximum Gasteiger partial charge on any atom is 0.300 e. The molecule has 3 aromatic carbocycles. The van der Waals surface area contributed by atoms with Gasteiger partial charge in [0.15, 0.2) is 0 Å². The topological polar surface area (TPSA) is 76.1 Å². The van der Waals surface area contributed by atoms with Crippen molar-refractivity contribution in [1.29, 1.82) is 0 Å². The fraction of sp³-hybridized carbons (Fsp3) is 0.290. The minimum Gasteiger partial charge on any atom is -0.507 e. The van der Waals surface area contributed by atoms with Gasteiger partial charge in [-0.15, -0.1) is 0 Å². The van der Waals surface area contributed by atoms with Crippen molar-refractivity contribution in [3.05, 3.63) is 94.6 Å². The molecule has 4 rings (SSSR count). The van der Waals surface area contributed by atoms with E-state index in [-0.39, 0.29) is 11.3 Å². The smallest absolute Gasteiger partial charge is 0.300 e. The SMILES string of the molecule is CCCCCOc1ccc(/C(O)=C2\C(=O)C(=O)N(c3cccc(C)c3C)C2c2ccccc2OC)cc1. The Hall–Kier alpha value is -4.06. The first-order valence-corrected chi connectivity index (χ1v) is 12.6. The van der Waals surface area contributed by atoms with E-state index in [0.29, 0.717) is 34.9 Å². The van der Waals surface area contributed by atoms with E-state index in [4.69, 9.17) is 9.47 Å². The molecule has 1 aliphatic rings. The molecular weight excluding hydrogens is 466 g/mol. The van der Waals surface area contributed by atoms with Gasteiger partial charge >= 0.3 is 0 Å². The van der Waals surface area contributed by atoms with Gasteiger partial charge < -0.3 is 14.6 Å². The second kappa shape index (κ2) is 11.3. The molecule has 1 aliphatic heterocycles. The average Bonchev–Trinajstić information content (AvgIpc) is 3.18. The Morgan fingerprint density at radius 1 is 0.946 bits per heavy atom. The molecule has 1 heterocycles. The Kier molecular flexibility index (Phi) is 7.97. The number of ether oxygens (including phenoxy) is 2. The average molecular weight is 500 g/mol. The van der Waals surface area contributed by atoms with E-state index in [2.05, 4.69) is 6.92 Å². The summed E-state index contributed by atoms with van der Waals surface area (Å²) in [6, 6.07) is 19.0. The molecule has 1 fully saturated rings. The number of ketones is 1. The summed E-state index contributed by atoms with van der Waals surface area (Å²) in [6.07, 6.45) is 3.18. The second-order valence-corrected chi connectivity index (χ2v) is 9.21. The molecule has 6 nitrogen and oxygen atoms in total. The van der Waals surface area contributed by atoms with Crippen LogP contribution in [0, 0.1) is 13.8 Å². The molecule has 1 saturated heterocycles. The number of methoxy groups -OCH3 is 1.